The number of aryl methyl sites for hydroxylation is 3. The van der Waals surface area contributed by atoms with Crippen LogP contribution >= 0.6 is 0 Å². The highest BCUT2D eigenvalue weighted by atomic mass is 19.1. The third-order valence-corrected chi connectivity index (χ3v) is 3.96. The maximum absolute atomic E-state index is 13.0. The summed E-state index contributed by atoms with van der Waals surface area (Å²) in [6, 6.07) is 12.5. The summed E-state index contributed by atoms with van der Waals surface area (Å²) in [5.41, 5.74) is 5.56. The molecule has 1 aromatic heterocycles. The van der Waals surface area contributed by atoms with Gasteiger partial charge in [0, 0.05) is 18.4 Å². The number of anilines is 3. The Balaban J connectivity index is 1.72. The molecule has 0 amide bonds. The van der Waals surface area contributed by atoms with Crippen molar-refractivity contribution in [3.05, 3.63) is 76.7 Å². The lowest BCUT2D eigenvalue weighted by Gasteiger charge is -2.13. The maximum atomic E-state index is 13.0. The van der Waals surface area contributed by atoms with Crippen LogP contribution in [-0.4, -0.2) is 9.97 Å². The first kappa shape index (κ1) is 16.9. The van der Waals surface area contributed by atoms with Crippen LogP contribution in [0.25, 0.3) is 0 Å². The van der Waals surface area contributed by atoms with Crippen LogP contribution in [0.3, 0.4) is 0 Å². The van der Waals surface area contributed by atoms with Gasteiger partial charge in [-0.2, -0.15) is 4.98 Å². The van der Waals surface area contributed by atoms with Gasteiger partial charge in [-0.05, 0) is 55.7 Å². The summed E-state index contributed by atoms with van der Waals surface area (Å²) < 4.78 is 13.0. The fourth-order valence-electron chi connectivity index (χ4n) is 2.80. The van der Waals surface area contributed by atoms with Crippen LogP contribution in [-0.2, 0) is 6.54 Å². The minimum atomic E-state index is -0.235. The molecular formula is C20H21FN4. The summed E-state index contributed by atoms with van der Waals surface area (Å²) in [7, 11) is 0. The fourth-order valence-corrected chi connectivity index (χ4v) is 2.80. The molecule has 4 nitrogen and oxygen atoms in total. The zero-order valence-electron chi connectivity index (χ0n) is 14.6. The molecule has 0 bridgehead atoms. The zero-order valence-corrected chi connectivity index (χ0v) is 14.6. The van der Waals surface area contributed by atoms with Crippen molar-refractivity contribution in [1.29, 1.82) is 0 Å². The molecule has 0 aliphatic carbocycles. The van der Waals surface area contributed by atoms with Gasteiger partial charge in [0.1, 0.15) is 11.6 Å². The van der Waals surface area contributed by atoms with Crippen molar-refractivity contribution in [2.45, 2.75) is 27.3 Å². The summed E-state index contributed by atoms with van der Waals surface area (Å²) in [6.45, 7) is 6.79. The van der Waals surface area contributed by atoms with E-state index in [1.165, 1.54) is 17.7 Å². The lowest BCUT2D eigenvalue weighted by molar-refractivity contribution is 0.627. The molecular weight excluding hydrogens is 315 g/mol. The van der Waals surface area contributed by atoms with Crippen LogP contribution in [0.15, 0.2) is 48.7 Å². The largest absolute Gasteiger partial charge is 0.366 e. The summed E-state index contributed by atoms with van der Waals surface area (Å²) >= 11 is 0. The average Bonchev–Trinajstić information content (AvgIpc) is 2.58. The molecule has 128 valence electrons. The lowest BCUT2D eigenvalue weighted by Crippen LogP contribution is -2.05. The van der Waals surface area contributed by atoms with E-state index in [4.69, 9.17) is 0 Å². The molecule has 3 aromatic rings. The van der Waals surface area contributed by atoms with Crippen molar-refractivity contribution in [3.8, 4) is 0 Å². The van der Waals surface area contributed by atoms with Crippen LogP contribution in [0, 0.1) is 26.6 Å². The van der Waals surface area contributed by atoms with Gasteiger partial charge in [-0.15, -0.1) is 0 Å². The van der Waals surface area contributed by atoms with E-state index in [0.717, 1.165) is 22.4 Å². The minimum absolute atomic E-state index is 0.235. The molecule has 0 saturated heterocycles. The monoisotopic (exact) mass is 336 g/mol. The molecule has 2 aromatic carbocycles. The normalized spacial score (nSPS) is 10.6. The van der Waals surface area contributed by atoms with Gasteiger partial charge >= 0.3 is 0 Å². The Morgan fingerprint density at radius 2 is 1.64 bits per heavy atom. The van der Waals surface area contributed by atoms with E-state index in [1.807, 2.05) is 6.07 Å². The Labute approximate surface area is 147 Å². The second kappa shape index (κ2) is 7.30. The molecule has 0 saturated carbocycles. The first-order chi connectivity index (χ1) is 12.0. The first-order valence-electron chi connectivity index (χ1n) is 8.17. The van der Waals surface area contributed by atoms with E-state index in [-0.39, 0.29) is 5.82 Å². The molecule has 25 heavy (non-hydrogen) atoms. The third kappa shape index (κ3) is 4.32. The van der Waals surface area contributed by atoms with E-state index in [0.29, 0.717) is 18.3 Å². The molecule has 0 fully saturated rings. The van der Waals surface area contributed by atoms with Crippen molar-refractivity contribution in [2.75, 3.05) is 10.6 Å². The SMILES string of the molecule is Cc1cc(C)c(Nc2nccc(NCc3ccc(F)cc3)n2)c(C)c1. The van der Waals surface area contributed by atoms with Gasteiger partial charge < -0.3 is 10.6 Å². The number of benzene rings is 2. The van der Waals surface area contributed by atoms with Crippen molar-refractivity contribution in [3.63, 3.8) is 0 Å². The standard InChI is InChI=1S/C20H21FN4/c1-13-10-14(2)19(15(3)11-13)25-20-22-9-8-18(24-20)23-12-16-4-6-17(21)7-5-16/h4-11H,12H2,1-3H3,(H2,22,23,24,25). The van der Waals surface area contributed by atoms with Crippen molar-refractivity contribution in [1.82, 2.24) is 9.97 Å². The van der Waals surface area contributed by atoms with E-state index >= 15 is 0 Å². The summed E-state index contributed by atoms with van der Waals surface area (Å²) in [5.74, 6) is 1.02. The fraction of sp³-hybridized carbons (Fsp3) is 0.200. The number of aromatic nitrogens is 2. The molecule has 0 radical (unpaired) electrons. The van der Waals surface area contributed by atoms with Gasteiger partial charge in [-0.3, -0.25) is 0 Å². The van der Waals surface area contributed by atoms with Gasteiger partial charge in [0.05, 0.1) is 0 Å². The first-order valence-corrected chi connectivity index (χ1v) is 8.17. The van der Waals surface area contributed by atoms with Crippen molar-refractivity contribution < 1.29 is 4.39 Å². The number of hydrogen-bond donors (Lipinski definition) is 2. The Bertz CT molecular complexity index is 852. The van der Waals surface area contributed by atoms with Gasteiger partial charge in [0.15, 0.2) is 0 Å². The van der Waals surface area contributed by atoms with Gasteiger partial charge in [0.2, 0.25) is 5.95 Å². The van der Waals surface area contributed by atoms with E-state index in [1.54, 1.807) is 18.3 Å². The maximum Gasteiger partial charge on any atom is 0.229 e. The Hall–Kier alpha value is -2.95. The van der Waals surface area contributed by atoms with Crippen LogP contribution in [0.1, 0.15) is 22.3 Å². The predicted octanol–water partition coefficient (Wildman–Crippen LogP) is 4.90. The molecule has 0 spiro atoms. The van der Waals surface area contributed by atoms with Gasteiger partial charge in [-0.1, -0.05) is 29.8 Å². The zero-order chi connectivity index (χ0) is 17.8. The second-order valence-corrected chi connectivity index (χ2v) is 6.14. The number of hydrogen-bond acceptors (Lipinski definition) is 4. The number of rotatable bonds is 5. The summed E-state index contributed by atoms with van der Waals surface area (Å²) in [4.78, 5) is 8.79. The Morgan fingerprint density at radius 1 is 0.960 bits per heavy atom. The highest BCUT2D eigenvalue weighted by molar-refractivity contribution is 5.64. The molecule has 5 heteroatoms. The predicted molar refractivity (Wildman–Crippen MR) is 99.7 cm³/mol. The van der Waals surface area contributed by atoms with Crippen LogP contribution < -0.4 is 10.6 Å². The Morgan fingerprint density at radius 3 is 2.32 bits per heavy atom. The second-order valence-electron chi connectivity index (χ2n) is 6.14. The van der Waals surface area contributed by atoms with Gasteiger partial charge in [0.25, 0.3) is 0 Å². The van der Waals surface area contributed by atoms with Crippen molar-refractivity contribution >= 4 is 17.5 Å². The summed E-state index contributed by atoms with van der Waals surface area (Å²) in [5, 5.41) is 6.53. The number of nitrogens with one attached hydrogen (secondary N) is 2. The van der Waals surface area contributed by atoms with Crippen LogP contribution in [0.2, 0.25) is 0 Å². The highest BCUT2D eigenvalue weighted by Crippen LogP contribution is 2.24. The molecule has 0 aliphatic heterocycles. The van der Waals surface area contributed by atoms with Crippen LogP contribution in [0.4, 0.5) is 21.8 Å². The van der Waals surface area contributed by atoms with Gasteiger partial charge in [-0.25, -0.2) is 9.37 Å². The topological polar surface area (TPSA) is 49.8 Å². The average molecular weight is 336 g/mol. The van der Waals surface area contributed by atoms with Crippen LogP contribution in [0.5, 0.6) is 0 Å². The molecule has 2 N–H and O–H groups in total. The molecule has 0 unspecified atom stereocenters. The minimum Gasteiger partial charge on any atom is -0.366 e. The molecule has 0 atom stereocenters. The highest BCUT2D eigenvalue weighted by Gasteiger charge is 2.06. The molecule has 1 heterocycles. The van der Waals surface area contributed by atoms with Crippen molar-refractivity contribution in [2.24, 2.45) is 0 Å². The quantitative estimate of drug-likeness (QED) is 0.696. The third-order valence-electron chi connectivity index (χ3n) is 3.96. The summed E-state index contributed by atoms with van der Waals surface area (Å²) in [6.07, 6.45) is 1.71. The molecule has 0 aliphatic rings. The molecule has 3 rings (SSSR count). The Kier molecular flexibility index (Phi) is 4.93. The van der Waals surface area contributed by atoms with E-state index in [2.05, 4.69) is 53.5 Å². The number of halogens is 1. The van der Waals surface area contributed by atoms with E-state index in [9.17, 15) is 4.39 Å². The number of nitrogens with zero attached hydrogens (tertiary/aromatic N) is 2. The van der Waals surface area contributed by atoms with E-state index < -0.39 is 0 Å². The smallest absolute Gasteiger partial charge is 0.229 e. The lowest BCUT2D eigenvalue weighted by atomic mass is 10.1.